The average molecular weight is 259 g/mol. The van der Waals surface area contributed by atoms with E-state index in [0.29, 0.717) is 5.69 Å². The van der Waals surface area contributed by atoms with Gasteiger partial charge >= 0.3 is 0 Å². The first kappa shape index (κ1) is 12.5. The molecule has 1 heterocycles. The SMILES string of the molecule is O=S(=O)(/C=C/c1ccccn1)Cc1ccccc1. The van der Waals surface area contributed by atoms with E-state index >= 15 is 0 Å². The molecule has 0 N–H and O–H groups in total. The molecule has 0 saturated carbocycles. The van der Waals surface area contributed by atoms with E-state index < -0.39 is 9.84 Å². The Morgan fingerprint density at radius 2 is 1.72 bits per heavy atom. The Bertz CT molecular complexity index is 619. The van der Waals surface area contributed by atoms with Crippen LogP contribution < -0.4 is 0 Å². The van der Waals surface area contributed by atoms with Gasteiger partial charge in [-0.25, -0.2) is 8.42 Å². The van der Waals surface area contributed by atoms with E-state index in [0.717, 1.165) is 5.56 Å². The zero-order valence-electron chi connectivity index (χ0n) is 9.73. The molecule has 0 aliphatic carbocycles. The van der Waals surface area contributed by atoms with Crippen LogP contribution >= 0.6 is 0 Å². The number of sulfone groups is 1. The first-order chi connectivity index (χ1) is 8.66. The molecule has 0 radical (unpaired) electrons. The summed E-state index contributed by atoms with van der Waals surface area (Å²) in [7, 11) is -3.25. The van der Waals surface area contributed by atoms with Crippen LogP contribution in [0.1, 0.15) is 11.3 Å². The van der Waals surface area contributed by atoms with Gasteiger partial charge in [0, 0.05) is 11.6 Å². The lowest BCUT2D eigenvalue weighted by molar-refractivity contribution is 0.604. The first-order valence-electron chi connectivity index (χ1n) is 5.51. The van der Waals surface area contributed by atoms with Crippen LogP contribution in [0.2, 0.25) is 0 Å². The van der Waals surface area contributed by atoms with Gasteiger partial charge in [0.2, 0.25) is 0 Å². The van der Waals surface area contributed by atoms with Crippen molar-refractivity contribution in [2.24, 2.45) is 0 Å². The fraction of sp³-hybridized carbons (Fsp3) is 0.0714. The third-order valence-electron chi connectivity index (χ3n) is 2.34. The highest BCUT2D eigenvalue weighted by Crippen LogP contribution is 2.08. The van der Waals surface area contributed by atoms with Crippen LogP contribution in [-0.2, 0) is 15.6 Å². The summed E-state index contributed by atoms with van der Waals surface area (Å²) in [5.74, 6) is 0.0111. The Hall–Kier alpha value is -1.94. The predicted molar refractivity (Wildman–Crippen MR) is 72.3 cm³/mol. The third-order valence-corrected chi connectivity index (χ3v) is 3.63. The van der Waals surface area contributed by atoms with E-state index in [1.54, 1.807) is 30.5 Å². The maximum absolute atomic E-state index is 11.9. The summed E-state index contributed by atoms with van der Waals surface area (Å²) in [5.41, 5.74) is 1.41. The Balaban J connectivity index is 2.11. The molecule has 0 bridgehead atoms. The summed E-state index contributed by atoms with van der Waals surface area (Å²) >= 11 is 0. The summed E-state index contributed by atoms with van der Waals surface area (Å²) in [5, 5.41) is 1.21. The molecule has 4 heteroatoms. The Morgan fingerprint density at radius 1 is 1.00 bits per heavy atom. The summed E-state index contributed by atoms with van der Waals surface area (Å²) < 4.78 is 23.7. The summed E-state index contributed by atoms with van der Waals surface area (Å²) in [6, 6.07) is 14.5. The standard InChI is InChI=1S/C14H13NO2S/c16-18(17,12-13-6-2-1-3-7-13)11-9-14-8-4-5-10-15-14/h1-11H,12H2/b11-9+. The van der Waals surface area contributed by atoms with Gasteiger partial charge in [0.25, 0.3) is 0 Å². The molecule has 0 spiro atoms. The quantitative estimate of drug-likeness (QED) is 0.848. The molecule has 18 heavy (non-hydrogen) atoms. The molecule has 2 rings (SSSR count). The number of benzene rings is 1. The number of pyridine rings is 1. The van der Waals surface area contributed by atoms with Gasteiger partial charge in [0.15, 0.2) is 9.84 Å². The molecule has 0 amide bonds. The van der Waals surface area contributed by atoms with Gasteiger partial charge in [-0.3, -0.25) is 4.98 Å². The van der Waals surface area contributed by atoms with Gasteiger partial charge in [-0.1, -0.05) is 36.4 Å². The van der Waals surface area contributed by atoms with Crippen molar-refractivity contribution in [1.29, 1.82) is 0 Å². The molecule has 0 aliphatic heterocycles. The van der Waals surface area contributed by atoms with Gasteiger partial charge in [0.1, 0.15) is 0 Å². The fourth-order valence-electron chi connectivity index (χ4n) is 1.50. The minimum Gasteiger partial charge on any atom is -0.257 e. The summed E-state index contributed by atoms with van der Waals surface area (Å²) in [6.07, 6.45) is 3.14. The van der Waals surface area contributed by atoms with E-state index in [1.807, 2.05) is 24.3 Å². The van der Waals surface area contributed by atoms with Crippen LogP contribution in [0.25, 0.3) is 6.08 Å². The molecule has 0 aliphatic rings. The van der Waals surface area contributed by atoms with Crippen LogP contribution in [0.15, 0.2) is 60.1 Å². The fourth-order valence-corrected chi connectivity index (χ4v) is 2.60. The molecular weight excluding hydrogens is 246 g/mol. The summed E-state index contributed by atoms with van der Waals surface area (Å²) in [4.78, 5) is 4.04. The van der Waals surface area contributed by atoms with Gasteiger partial charge < -0.3 is 0 Å². The van der Waals surface area contributed by atoms with Crippen molar-refractivity contribution >= 4 is 15.9 Å². The molecule has 3 nitrogen and oxygen atoms in total. The zero-order chi connectivity index (χ0) is 12.8. The molecule has 92 valence electrons. The highest BCUT2D eigenvalue weighted by atomic mass is 32.2. The number of hydrogen-bond acceptors (Lipinski definition) is 3. The van der Waals surface area contributed by atoms with Crippen molar-refractivity contribution in [3.05, 3.63) is 71.4 Å². The molecule has 1 aromatic heterocycles. The largest absolute Gasteiger partial charge is 0.257 e. The molecule has 0 fully saturated rings. The molecule has 2 aromatic rings. The van der Waals surface area contributed by atoms with Crippen molar-refractivity contribution in [3.8, 4) is 0 Å². The summed E-state index contributed by atoms with van der Waals surface area (Å²) in [6.45, 7) is 0. The van der Waals surface area contributed by atoms with Crippen molar-refractivity contribution in [2.75, 3.05) is 0 Å². The van der Waals surface area contributed by atoms with E-state index in [9.17, 15) is 8.42 Å². The minimum atomic E-state index is -3.25. The van der Waals surface area contributed by atoms with Gasteiger partial charge in [-0.2, -0.15) is 0 Å². The molecule has 1 aromatic carbocycles. The Kier molecular flexibility index (Phi) is 3.89. The average Bonchev–Trinajstić information content (AvgIpc) is 2.38. The number of rotatable bonds is 4. The second-order valence-corrected chi connectivity index (χ2v) is 5.74. The predicted octanol–water partition coefficient (Wildman–Crippen LogP) is 2.67. The highest BCUT2D eigenvalue weighted by Gasteiger charge is 2.07. The van der Waals surface area contributed by atoms with Crippen LogP contribution in [0.3, 0.4) is 0 Å². The number of nitrogens with zero attached hydrogens (tertiary/aromatic N) is 1. The Morgan fingerprint density at radius 3 is 2.39 bits per heavy atom. The molecule has 0 atom stereocenters. The van der Waals surface area contributed by atoms with Crippen molar-refractivity contribution < 1.29 is 8.42 Å². The Labute approximate surface area is 107 Å². The maximum Gasteiger partial charge on any atom is 0.175 e. The van der Waals surface area contributed by atoms with Crippen LogP contribution in [0, 0.1) is 0 Å². The second-order valence-electron chi connectivity index (χ2n) is 3.85. The number of hydrogen-bond donors (Lipinski definition) is 0. The zero-order valence-corrected chi connectivity index (χ0v) is 10.5. The van der Waals surface area contributed by atoms with E-state index in [2.05, 4.69) is 4.98 Å². The van der Waals surface area contributed by atoms with Crippen molar-refractivity contribution in [3.63, 3.8) is 0 Å². The van der Waals surface area contributed by atoms with Gasteiger partial charge in [-0.15, -0.1) is 0 Å². The van der Waals surface area contributed by atoms with Gasteiger partial charge in [-0.05, 0) is 23.8 Å². The van der Waals surface area contributed by atoms with Crippen LogP contribution in [0.5, 0.6) is 0 Å². The molecule has 0 saturated heterocycles. The monoisotopic (exact) mass is 259 g/mol. The number of aromatic nitrogens is 1. The topological polar surface area (TPSA) is 47.0 Å². The van der Waals surface area contributed by atoms with Crippen molar-refractivity contribution in [2.45, 2.75) is 5.75 Å². The van der Waals surface area contributed by atoms with Crippen LogP contribution in [-0.4, -0.2) is 13.4 Å². The minimum absolute atomic E-state index is 0.0111. The molecular formula is C14H13NO2S. The van der Waals surface area contributed by atoms with E-state index in [-0.39, 0.29) is 5.75 Å². The van der Waals surface area contributed by atoms with E-state index in [1.165, 1.54) is 11.5 Å². The second kappa shape index (κ2) is 5.60. The highest BCUT2D eigenvalue weighted by molar-refractivity contribution is 7.93. The maximum atomic E-state index is 11.9. The lowest BCUT2D eigenvalue weighted by atomic mass is 10.2. The van der Waals surface area contributed by atoms with E-state index in [4.69, 9.17) is 0 Å². The van der Waals surface area contributed by atoms with Crippen LogP contribution in [0.4, 0.5) is 0 Å². The molecule has 0 unspecified atom stereocenters. The van der Waals surface area contributed by atoms with Crippen molar-refractivity contribution in [1.82, 2.24) is 4.98 Å². The smallest absolute Gasteiger partial charge is 0.175 e. The van der Waals surface area contributed by atoms with Gasteiger partial charge in [0.05, 0.1) is 11.4 Å². The lowest BCUT2D eigenvalue weighted by Crippen LogP contribution is -1.99. The lowest BCUT2D eigenvalue weighted by Gasteiger charge is -1.99. The normalized spacial score (nSPS) is 11.8. The third kappa shape index (κ3) is 3.82. The first-order valence-corrected chi connectivity index (χ1v) is 7.23.